The van der Waals surface area contributed by atoms with Crippen LogP contribution in [0.3, 0.4) is 0 Å². The van der Waals surface area contributed by atoms with Crippen LogP contribution in [0.25, 0.3) is 0 Å². The SMILES string of the molecule is COc1c(Br)c(Br)c2c(c1Br)[C@@H](Br)[C@@H](Br)C2. The molecule has 0 spiro atoms. The van der Waals surface area contributed by atoms with Crippen molar-refractivity contribution in [3.63, 3.8) is 0 Å². The van der Waals surface area contributed by atoms with Crippen molar-refractivity contribution in [2.24, 2.45) is 0 Å². The number of rotatable bonds is 1. The largest absolute Gasteiger partial charge is 0.494 e. The monoisotopic (exact) mass is 538 g/mol. The summed E-state index contributed by atoms with van der Waals surface area (Å²) in [6, 6.07) is 0. The van der Waals surface area contributed by atoms with E-state index in [9.17, 15) is 0 Å². The second-order valence-corrected chi connectivity index (χ2v) is 8.03. The summed E-state index contributed by atoms with van der Waals surface area (Å²) >= 11 is 18.2. The van der Waals surface area contributed by atoms with E-state index in [0.29, 0.717) is 9.65 Å². The van der Waals surface area contributed by atoms with Crippen LogP contribution in [0.5, 0.6) is 5.75 Å². The molecule has 0 fully saturated rings. The lowest BCUT2D eigenvalue weighted by molar-refractivity contribution is 0.408. The lowest BCUT2D eigenvalue weighted by atomic mass is 10.1. The maximum absolute atomic E-state index is 5.41. The fraction of sp³-hybridized carbons (Fsp3) is 0.400. The van der Waals surface area contributed by atoms with Crippen LogP contribution in [-0.2, 0) is 6.42 Å². The quantitative estimate of drug-likeness (QED) is 0.325. The Hall–Kier alpha value is 1.42. The second kappa shape index (κ2) is 5.19. The Morgan fingerprint density at radius 2 is 1.69 bits per heavy atom. The molecule has 0 bridgehead atoms. The third kappa shape index (κ3) is 2.06. The molecule has 0 saturated heterocycles. The highest BCUT2D eigenvalue weighted by Gasteiger charge is 2.35. The summed E-state index contributed by atoms with van der Waals surface area (Å²) in [5, 5.41) is 0. The van der Waals surface area contributed by atoms with E-state index in [1.165, 1.54) is 11.1 Å². The van der Waals surface area contributed by atoms with E-state index in [2.05, 4.69) is 79.6 Å². The summed E-state index contributed by atoms with van der Waals surface area (Å²) in [5.74, 6) is 0.830. The lowest BCUT2D eigenvalue weighted by Crippen LogP contribution is -1.98. The molecule has 0 amide bonds. The molecular weight excluding hydrogens is 536 g/mol. The zero-order chi connectivity index (χ0) is 12.0. The van der Waals surface area contributed by atoms with Gasteiger partial charge in [0, 0.05) is 9.30 Å². The van der Waals surface area contributed by atoms with Gasteiger partial charge in [-0.15, -0.1) is 0 Å². The summed E-state index contributed by atoms with van der Waals surface area (Å²) in [4.78, 5) is 0.712. The Balaban J connectivity index is 2.73. The van der Waals surface area contributed by atoms with Gasteiger partial charge < -0.3 is 4.74 Å². The summed E-state index contributed by atoms with van der Waals surface area (Å²) in [6.07, 6.45) is 0.993. The second-order valence-electron chi connectivity index (χ2n) is 3.49. The van der Waals surface area contributed by atoms with E-state index in [0.717, 1.165) is 25.6 Å². The molecule has 0 radical (unpaired) electrons. The Morgan fingerprint density at radius 3 is 2.25 bits per heavy atom. The summed E-state index contributed by atoms with van der Waals surface area (Å²) in [7, 11) is 1.67. The first-order chi connectivity index (χ1) is 7.49. The fourth-order valence-electron chi connectivity index (χ4n) is 1.85. The van der Waals surface area contributed by atoms with Gasteiger partial charge in [0.15, 0.2) is 0 Å². The molecule has 6 heteroatoms. The van der Waals surface area contributed by atoms with Gasteiger partial charge in [0.1, 0.15) is 5.75 Å². The van der Waals surface area contributed by atoms with Gasteiger partial charge in [-0.2, -0.15) is 0 Å². The van der Waals surface area contributed by atoms with Crippen molar-refractivity contribution >= 4 is 79.6 Å². The van der Waals surface area contributed by atoms with Crippen LogP contribution in [0.15, 0.2) is 13.4 Å². The summed E-state index contributed by atoms with van der Waals surface area (Å²) < 4.78 is 8.46. The third-order valence-corrected chi connectivity index (χ3v) is 8.22. The van der Waals surface area contributed by atoms with Crippen LogP contribution in [0.4, 0.5) is 0 Å². The first-order valence-electron chi connectivity index (χ1n) is 4.50. The molecular formula is C10H7Br5O. The van der Waals surface area contributed by atoms with Crippen LogP contribution in [0, 0.1) is 0 Å². The lowest BCUT2D eigenvalue weighted by Gasteiger charge is -2.15. The molecule has 2 atom stereocenters. The van der Waals surface area contributed by atoms with Gasteiger partial charge in [-0.3, -0.25) is 0 Å². The highest BCUT2D eigenvalue weighted by Crippen LogP contribution is 2.53. The zero-order valence-corrected chi connectivity index (χ0v) is 16.1. The molecule has 0 unspecified atom stereocenters. The van der Waals surface area contributed by atoms with Gasteiger partial charge in [-0.1, -0.05) is 31.9 Å². The molecule has 1 aliphatic carbocycles. The Morgan fingerprint density at radius 1 is 1.06 bits per heavy atom. The number of halogens is 5. The molecule has 1 aromatic carbocycles. The molecule has 16 heavy (non-hydrogen) atoms. The van der Waals surface area contributed by atoms with Crippen molar-refractivity contribution in [3.05, 3.63) is 24.5 Å². The van der Waals surface area contributed by atoms with Crippen molar-refractivity contribution in [2.75, 3.05) is 7.11 Å². The number of fused-ring (bicyclic) bond motifs is 1. The first kappa shape index (κ1) is 13.8. The van der Waals surface area contributed by atoms with Crippen LogP contribution in [-0.4, -0.2) is 11.9 Å². The minimum atomic E-state index is 0.301. The van der Waals surface area contributed by atoms with E-state index in [4.69, 9.17) is 4.74 Å². The van der Waals surface area contributed by atoms with E-state index < -0.39 is 0 Å². The van der Waals surface area contributed by atoms with Crippen molar-refractivity contribution < 1.29 is 4.74 Å². The number of methoxy groups -OCH3 is 1. The summed E-state index contributed by atoms with van der Waals surface area (Å²) in [6.45, 7) is 0. The zero-order valence-electron chi connectivity index (χ0n) is 8.16. The van der Waals surface area contributed by atoms with E-state index >= 15 is 0 Å². The van der Waals surface area contributed by atoms with E-state index in [-0.39, 0.29) is 0 Å². The van der Waals surface area contributed by atoms with E-state index in [1.807, 2.05) is 0 Å². The van der Waals surface area contributed by atoms with Gasteiger partial charge in [0.2, 0.25) is 0 Å². The van der Waals surface area contributed by atoms with Gasteiger partial charge in [-0.05, 0) is 65.3 Å². The van der Waals surface area contributed by atoms with Gasteiger partial charge >= 0.3 is 0 Å². The minimum absolute atomic E-state index is 0.301. The molecule has 0 aliphatic heterocycles. The third-order valence-electron chi connectivity index (χ3n) is 2.61. The molecule has 0 N–H and O–H groups in total. The highest BCUT2D eigenvalue weighted by molar-refractivity contribution is 9.13. The Bertz CT molecular complexity index is 446. The van der Waals surface area contributed by atoms with Crippen molar-refractivity contribution in [3.8, 4) is 5.75 Å². The molecule has 0 saturated carbocycles. The number of hydrogen-bond acceptors (Lipinski definition) is 1. The molecule has 2 rings (SSSR count). The molecule has 88 valence electrons. The predicted molar refractivity (Wildman–Crippen MR) is 84.2 cm³/mol. The van der Waals surface area contributed by atoms with Crippen LogP contribution >= 0.6 is 79.6 Å². The maximum Gasteiger partial charge on any atom is 0.148 e. The fourth-order valence-corrected chi connectivity index (χ4v) is 5.70. The predicted octanol–water partition coefficient (Wildman–Crippen LogP) is 5.74. The molecule has 0 heterocycles. The van der Waals surface area contributed by atoms with Gasteiger partial charge in [-0.25, -0.2) is 0 Å². The molecule has 1 nitrogen and oxygen atoms in total. The van der Waals surface area contributed by atoms with Gasteiger partial charge in [0.05, 0.1) is 20.9 Å². The average Bonchev–Trinajstić information content (AvgIpc) is 2.54. The van der Waals surface area contributed by atoms with E-state index in [1.54, 1.807) is 7.11 Å². The van der Waals surface area contributed by atoms with Crippen LogP contribution in [0.2, 0.25) is 0 Å². The van der Waals surface area contributed by atoms with Crippen molar-refractivity contribution in [1.29, 1.82) is 0 Å². The molecule has 0 aromatic heterocycles. The Labute approximate surface area is 136 Å². The smallest absolute Gasteiger partial charge is 0.148 e. The Kier molecular flexibility index (Phi) is 4.49. The normalized spacial score (nSPS) is 23.4. The number of ether oxygens (including phenoxy) is 1. The average molecular weight is 543 g/mol. The van der Waals surface area contributed by atoms with Crippen LogP contribution < -0.4 is 4.74 Å². The van der Waals surface area contributed by atoms with Crippen molar-refractivity contribution in [2.45, 2.75) is 16.1 Å². The van der Waals surface area contributed by atoms with Crippen molar-refractivity contribution in [1.82, 2.24) is 0 Å². The molecule has 1 aromatic rings. The highest BCUT2D eigenvalue weighted by atomic mass is 79.9. The minimum Gasteiger partial charge on any atom is -0.494 e. The standard InChI is InChI=1S/C10H7Br5O/c1-16-10-8(14)5-3(6(12)9(10)15)2-4(11)7(5)13/h4,7H,2H2,1H3/t4-,7-/m0/s1. The maximum atomic E-state index is 5.41. The first-order valence-corrected chi connectivity index (χ1v) is 8.71. The number of benzene rings is 1. The number of hydrogen-bond donors (Lipinski definition) is 0. The topological polar surface area (TPSA) is 9.23 Å². The van der Waals surface area contributed by atoms with Crippen LogP contribution in [0.1, 0.15) is 16.0 Å². The van der Waals surface area contributed by atoms with Gasteiger partial charge in [0.25, 0.3) is 0 Å². The summed E-state index contributed by atoms with van der Waals surface area (Å²) in [5.41, 5.74) is 2.57. The molecule has 1 aliphatic rings. The number of alkyl halides is 2.